The van der Waals surface area contributed by atoms with Gasteiger partial charge in [-0.3, -0.25) is 9.59 Å². The summed E-state index contributed by atoms with van der Waals surface area (Å²) in [6.07, 6.45) is 1.58. The van der Waals surface area contributed by atoms with Crippen LogP contribution in [0, 0.1) is 24.4 Å². The molecule has 26 heavy (non-hydrogen) atoms. The van der Waals surface area contributed by atoms with E-state index in [0.29, 0.717) is 31.0 Å². The average molecular weight is 370 g/mol. The number of ether oxygens (including phenoxy) is 2. The van der Waals surface area contributed by atoms with E-state index in [2.05, 4.69) is 5.32 Å². The molecule has 0 bridgehead atoms. The standard InChI is InChI=1S/C17H17F3N2O4/c1-10-17(14(23)3-4-22(10)5-6-25-2)26-9-15(24)21-11-7-12(18)16(20)13(19)8-11/h3-4,7-8H,5-6,9H2,1-2H3,(H,21,24). The Morgan fingerprint density at radius 1 is 1.23 bits per heavy atom. The van der Waals surface area contributed by atoms with Crippen molar-refractivity contribution in [3.05, 3.63) is 57.8 Å². The summed E-state index contributed by atoms with van der Waals surface area (Å²) in [5.41, 5.74) is -0.179. The van der Waals surface area contributed by atoms with Crippen molar-refractivity contribution in [3.63, 3.8) is 0 Å². The van der Waals surface area contributed by atoms with Crippen LogP contribution in [-0.4, -0.2) is 30.8 Å². The number of aromatic nitrogens is 1. The Hall–Kier alpha value is -2.81. The topological polar surface area (TPSA) is 69.6 Å². The second-order valence-electron chi connectivity index (χ2n) is 5.37. The van der Waals surface area contributed by atoms with E-state index in [0.717, 1.165) is 0 Å². The van der Waals surface area contributed by atoms with Gasteiger partial charge in [0.15, 0.2) is 29.8 Å². The van der Waals surface area contributed by atoms with Gasteiger partial charge >= 0.3 is 0 Å². The Balaban J connectivity index is 2.06. The molecule has 6 nitrogen and oxygen atoms in total. The Bertz CT molecular complexity index is 845. The van der Waals surface area contributed by atoms with Gasteiger partial charge in [-0.05, 0) is 6.92 Å². The van der Waals surface area contributed by atoms with Gasteiger partial charge in [0.1, 0.15) is 0 Å². The van der Waals surface area contributed by atoms with E-state index < -0.39 is 35.4 Å². The minimum absolute atomic E-state index is 0.0183. The summed E-state index contributed by atoms with van der Waals surface area (Å²) >= 11 is 0. The second-order valence-corrected chi connectivity index (χ2v) is 5.37. The first kappa shape index (κ1) is 19.5. The molecule has 1 amide bonds. The predicted octanol–water partition coefficient (Wildman–Crippen LogP) is 2.24. The van der Waals surface area contributed by atoms with Crippen molar-refractivity contribution in [1.29, 1.82) is 0 Å². The maximum atomic E-state index is 13.1. The lowest BCUT2D eigenvalue weighted by Gasteiger charge is -2.14. The number of methoxy groups -OCH3 is 1. The smallest absolute Gasteiger partial charge is 0.262 e. The lowest BCUT2D eigenvalue weighted by atomic mass is 10.3. The van der Waals surface area contributed by atoms with Gasteiger partial charge in [0.2, 0.25) is 5.43 Å². The lowest BCUT2D eigenvalue weighted by molar-refractivity contribution is -0.118. The third-order valence-corrected chi connectivity index (χ3v) is 3.54. The molecule has 1 aromatic heterocycles. The van der Waals surface area contributed by atoms with E-state index in [1.807, 2.05) is 0 Å². The summed E-state index contributed by atoms with van der Waals surface area (Å²) in [7, 11) is 1.54. The molecule has 2 rings (SSSR count). The minimum Gasteiger partial charge on any atom is -0.478 e. The Labute approximate surface area is 147 Å². The highest BCUT2D eigenvalue weighted by Gasteiger charge is 2.14. The molecule has 0 atom stereocenters. The highest BCUT2D eigenvalue weighted by molar-refractivity contribution is 5.91. The number of halogens is 3. The number of anilines is 1. The molecule has 1 heterocycles. The van der Waals surface area contributed by atoms with Gasteiger partial charge < -0.3 is 19.4 Å². The predicted molar refractivity (Wildman–Crippen MR) is 87.8 cm³/mol. The molecular weight excluding hydrogens is 353 g/mol. The van der Waals surface area contributed by atoms with Gasteiger partial charge in [-0.25, -0.2) is 13.2 Å². The van der Waals surface area contributed by atoms with Crippen LogP contribution in [-0.2, 0) is 16.1 Å². The van der Waals surface area contributed by atoms with Crippen molar-refractivity contribution in [3.8, 4) is 5.75 Å². The van der Waals surface area contributed by atoms with Gasteiger partial charge in [0, 0.05) is 43.7 Å². The van der Waals surface area contributed by atoms with Crippen molar-refractivity contribution in [2.24, 2.45) is 0 Å². The fraction of sp³-hybridized carbons (Fsp3) is 0.294. The molecule has 0 aliphatic carbocycles. The van der Waals surface area contributed by atoms with Crippen molar-refractivity contribution in [2.45, 2.75) is 13.5 Å². The zero-order chi connectivity index (χ0) is 19.3. The number of carbonyl (C=O) groups is 1. The van der Waals surface area contributed by atoms with Crippen LogP contribution >= 0.6 is 0 Å². The molecule has 9 heteroatoms. The van der Waals surface area contributed by atoms with Gasteiger partial charge in [-0.1, -0.05) is 0 Å². The summed E-state index contributed by atoms with van der Waals surface area (Å²) in [5.74, 6) is -5.27. The lowest BCUT2D eigenvalue weighted by Crippen LogP contribution is -2.24. The zero-order valence-electron chi connectivity index (χ0n) is 14.1. The molecule has 0 unspecified atom stereocenters. The van der Waals surface area contributed by atoms with Gasteiger partial charge in [0.05, 0.1) is 12.3 Å². The summed E-state index contributed by atoms with van der Waals surface area (Å²) in [5, 5.41) is 2.17. The molecule has 0 aliphatic heterocycles. The van der Waals surface area contributed by atoms with E-state index in [4.69, 9.17) is 9.47 Å². The molecule has 0 radical (unpaired) electrons. The van der Waals surface area contributed by atoms with E-state index in [9.17, 15) is 22.8 Å². The van der Waals surface area contributed by atoms with Crippen LogP contribution in [0.3, 0.4) is 0 Å². The fourth-order valence-corrected chi connectivity index (χ4v) is 2.22. The van der Waals surface area contributed by atoms with Crippen LogP contribution in [0.4, 0.5) is 18.9 Å². The molecule has 0 fully saturated rings. The number of nitrogens with zero attached hydrogens (tertiary/aromatic N) is 1. The van der Waals surface area contributed by atoms with Crippen LogP contribution in [0.5, 0.6) is 5.75 Å². The van der Waals surface area contributed by atoms with Crippen LogP contribution in [0.25, 0.3) is 0 Å². The van der Waals surface area contributed by atoms with Crippen LogP contribution in [0.2, 0.25) is 0 Å². The van der Waals surface area contributed by atoms with Gasteiger partial charge in [-0.2, -0.15) is 0 Å². The molecule has 0 aliphatic rings. The number of rotatable bonds is 7. The maximum Gasteiger partial charge on any atom is 0.262 e. The Kier molecular flexibility index (Phi) is 6.40. The van der Waals surface area contributed by atoms with E-state index in [-0.39, 0.29) is 11.4 Å². The van der Waals surface area contributed by atoms with Crippen molar-refractivity contribution in [2.75, 3.05) is 25.6 Å². The number of hydrogen-bond donors (Lipinski definition) is 1. The third kappa shape index (κ3) is 4.63. The van der Waals surface area contributed by atoms with Crippen molar-refractivity contribution in [1.82, 2.24) is 4.57 Å². The molecule has 0 spiro atoms. The summed E-state index contributed by atoms with van der Waals surface area (Å²) in [6.45, 7) is 1.99. The number of benzene rings is 1. The number of nitrogens with one attached hydrogen (secondary N) is 1. The fourth-order valence-electron chi connectivity index (χ4n) is 2.22. The number of carbonyl (C=O) groups excluding carboxylic acids is 1. The molecule has 2 aromatic rings. The molecule has 0 saturated heterocycles. The van der Waals surface area contributed by atoms with E-state index in [1.165, 1.54) is 6.07 Å². The maximum absolute atomic E-state index is 13.1. The molecular formula is C17H17F3N2O4. The van der Waals surface area contributed by atoms with Crippen LogP contribution in [0.1, 0.15) is 5.69 Å². The molecule has 1 aromatic carbocycles. The molecule has 1 N–H and O–H groups in total. The number of pyridine rings is 1. The van der Waals surface area contributed by atoms with Crippen LogP contribution < -0.4 is 15.5 Å². The van der Waals surface area contributed by atoms with E-state index >= 15 is 0 Å². The van der Waals surface area contributed by atoms with Crippen LogP contribution in [0.15, 0.2) is 29.2 Å². The molecule has 140 valence electrons. The normalized spacial score (nSPS) is 10.7. The molecule has 0 saturated carbocycles. The highest BCUT2D eigenvalue weighted by Crippen LogP contribution is 2.17. The highest BCUT2D eigenvalue weighted by atomic mass is 19.2. The number of hydrogen-bond acceptors (Lipinski definition) is 4. The Morgan fingerprint density at radius 3 is 2.50 bits per heavy atom. The second kappa shape index (κ2) is 8.52. The Morgan fingerprint density at radius 2 is 1.88 bits per heavy atom. The SMILES string of the molecule is COCCn1ccc(=O)c(OCC(=O)Nc2cc(F)c(F)c(F)c2)c1C. The summed E-state index contributed by atoms with van der Waals surface area (Å²) in [4.78, 5) is 23.8. The average Bonchev–Trinajstić information content (AvgIpc) is 2.58. The largest absolute Gasteiger partial charge is 0.478 e. The minimum atomic E-state index is -1.63. The monoisotopic (exact) mass is 370 g/mol. The third-order valence-electron chi connectivity index (χ3n) is 3.54. The first-order valence-electron chi connectivity index (χ1n) is 7.59. The number of amides is 1. The van der Waals surface area contributed by atoms with Gasteiger partial charge in [0.25, 0.3) is 5.91 Å². The zero-order valence-corrected chi connectivity index (χ0v) is 14.1. The summed E-state index contributed by atoms with van der Waals surface area (Å²) in [6, 6.07) is 2.57. The van der Waals surface area contributed by atoms with E-state index in [1.54, 1.807) is 24.8 Å². The quantitative estimate of drug-likeness (QED) is 0.759. The summed E-state index contributed by atoms with van der Waals surface area (Å²) < 4.78 is 51.1. The first-order chi connectivity index (χ1) is 12.3. The van der Waals surface area contributed by atoms with Crippen molar-refractivity contribution < 1.29 is 27.4 Å². The van der Waals surface area contributed by atoms with Crippen molar-refractivity contribution >= 4 is 11.6 Å². The first-order valence-corrected chi connectivity index (χ1v) is 7.59. The van der Waals surface area contributed by atoms with Gasteiger partial charge in [-0.15, -0.1) is 0 Å².